The van der Waals surface area contributed by atoms with Crippen LogP contribution in [0.3, 0.4) is 0 Å². The van der Waals surface area contributed by atoms with Crippen molar-refractivity contribution in [3.05, 3.63) is 0 Å². The van der Waals surface area contributed by atoms with E-state index in [1.54, 1.807) is 11.8 Å². The lowest BCUT2D eigenvalue weighted by atomic mass is 10.4. The maximum atomic E-state index is 8.36. The predicted molar refractivity (Wildman–Crippen MR) is 34.5 cm³/mol. The monoisotopic (exact) mass is 128 g/mol. The largest absolute Gasteiger partial charge is 0.290 e. The highest BCUT2D eigenvalue weighted by molar-refractivity contribution is 8.00. The molecule has 1 aliphatic heterocycles. The van der Waals surface area contributed by atoms with Gasteiger partial charge in [-0.1, -0.05) is 0 Å². The van der Waals surface area contributed by atoms with Gasteiger partial charge < -0.3 is 0 Å². The summed E-state index contributed by atoms with van der Waals surface area (Å²) in [5, 5.41) is 11.9. The van der Waals surface area contributed by atoms with Gasteiger partial charge in [0.1, 0.15) is 6.04 Å². The zero-order valence-corrected chi connectivity index (χ0v) is 5.53. The van der Waals surface area contributed by atoms with Crippen LogP contribution in [-0.2, 0) is 0 Å². The van der Waals surface area contributed by atoms with Crippen molar-refractivity contribution in [1.29, 1.82) is 5.26 Å². The molecule has 0 saturated carbocycles. The minimum absolute atomic E-state index is 0.0926. The SMILES string of the molecule is C[C@H]1NC(C#N)CS1. The van der Waals surface area contributed by atoms with Crippen molar-refractivity contribution in [1.82, 2.24) is 5.32 Å². The van der Waals surface area contributed by atoms with E-state index in [-0.39, 0.29) is 6.04 Å². The average Bonchev–Trinajstić information content (AvgIpc) is 2.14. The molecule has 0 aromatic heterocycles. The lowest BCUT2D eigenvalue weighted by Gasteiger charge is -1.98. The van der Waals surface area contributed by atoms with E-state index in [9.17, 15) is 0 Å². The maximum Gasteiger partial charge on any atom is 0.105 e. The van der Waals surface area contributed by atoms with Gasteiger partial charge in [0.15, 0.2) is 0 Å². The van der Waals surface area contributed by atoms with Crippen LogP contribution in [0.4, 0.5) is 0 Å². The standard InChI is InChI=1S/C5H8N2S/c1-4-7-5(2-6)3-8-4/h4-5,7H,3H2,1H3/t4-,5?/m0/s1. The minimum Gasteiger partial charge on any atom is -0.290 e. The molecular weight excluding hydrogens is 120 g/mol. The van der Waals surface area contributed by atoms with E-state index in [2.05, 4.69) is 18.3 Å². The molecule has 3 heteroatoms. The van der Waals surface area contributed by atoms with E-state index < -0.39 is 0 Å². The van der Waals surface area contributed by atoms with E-state index in [1.807, 2.05) is 0 Å². The molecule has 0 aromatic carbocycles. The van der Waals surface area contributed by atoms with E-state index >= 15 is 0 Å². The van der Waals surface area contributed by atoms with Crippen molar-refractivity contribution < 1.29 is 0 Å². The molecule has 1 aliphatic rings. The van der Waals surface area contributed by atoms with Crippen molar-refractivity contribution >= 4 is 11.8 Å². The van der Waals surface area contributed by atoms with Gasteiger partial charge in [-0.15, -0.1) is 11.8 Å². The lowest BCUT2D eigenvalue weighted by Crippen LogP contribution is -2.26. The number of hydrogen-bond acceptors (Lipinski definition) is 3. The van der Waals surface area contributed by atoms with Crippen molar-refractivity contribution in [3.8, 4) is 6.07 Å². The maximum absolute atomic E-state index is 8.36. The summed E-state index contributed by atoms with van der Waals surface area (Å²) in [6.07, 6.45) is 0. The second-order valence-corrected chi connectivity index (χ2v) is 3.20. The van der Waals surface area contributed by atoms with Crippen molar-refractivity contribution in [3.63, 3.8) is 0 Å². The number of rotatable bonds is 0. The van der Waals surface area contributed by atoms with Crippen molar-refractivity contribution in [2.75, 3.05) is 5.75 Å². The normalized spacial score (nSPS) is 37.0. The molecule has 0 amide bonds. The highest BCUT2D eigenvalue weighted by atomic mass is 32.2. The average molecular weight is 128 g/mol. The Labute approximate surface area is 53.3 Å². The number of hydrogen-bond donors (Lipinski definition) is 1. The number of thioether (sulfide) groups is 1. The molecule has 0 bridgehead atoms. The van der Waals surface area contributed by atoms with Gasteiger partial charge in [-0.05, 0) is 6.92 Å². The van der Waals surface area contributed by atoms with Gasteiger partial charge >= 0.3 is 0 Å². The highest BCUT2D eigenvalue weighted by Gasteiger charge is 2.18. The van der Waals surface area contributed by atoms with E-state index in [4.69, 9.17) is 5.26 Å². The second kappa shape index (κ2) is 2.38. The fourth-order valence-corrected chi connectivity index (χ4v) is 1.61. The quantitative estimate of drug-likeness (QED) is 0.518. The molecular formula is C5H8N2S. The van der Waals surface area contributed by atoms with Gasteiger partial charge in [0, 0.05) is 5.75 Å². The van der Waals surface area contributed by atoms with Gasteiger partial charge in [0.05, 0.1) is 11.4 Å². The third-order valence-electron chi connectivity index (χ3n) is 1.10. The molecule has 8 heavy (non-hydrogen) atoms. The summed E-state index contributed by atoms with van der Waals surface area (Å²) in [5.41, 5.74) is 0. The van der Waals surface area contributed by atoms with Crippen molar-refractivity contribution in [2.24, 2.45) is 0 Å². The van der Waals surface area contributed by atoms with Crippen LogP contribution in [0.1, 0.15) is 6.92 Å². The zero-order valence-electron chi connectivity index (χ0n) is 4.72. The van der Waals surface area contributed by atoms with Crippen LogP contribution in [0.25, 0.3) is 0 Å². The van der Waals surface area contributed by atoms with Gasteiger partial charge in [-0.25, -0.2) is 0 Å². The Balaban J connectivity index is 2.35. The molecule has 1 rings (SSSR count). The third kappa shape index (κ3) is 1.15. The van der Waals surface area contributed by atoms with Gasteiger partial charge in [-0.2, -0.15) is 5.26 Å². The molecule has 2 atom stereocenters. The fraction of sp³-hybridized carbons (Fsp3) is 0.800. The Kier molecular flexibility index (Phi) is 1.77. The van der Waals surface area contributed by atoms with Crippen LogP contribution < -0.4 is 5.32 Å². The molecule has 2 nitrogen and oxygen atoms in total. The summed E-state index contributed by atoms with van der Waals surface area (Å²) >= 11 is 1.80. The summed E-state index contributed by atoms with van der Waals surface area (Å²) < 4.78 is 0. The molecule has 0 radical (unpaired) electrons. The summed E-state index contributed by atoms with van der Waals surface area (Å²) in [6.45, 7) is 2.07. The Morgan fingerprint density at radius 2 is 2.62 bits per heavy atom. The summed E-state index contributed by atoms with van der Waals surface area (Å²) in [5.74, 6) is 0.942. The first-order valence-electron chi connectivity index (χ1n) is 2.60. The first-order chi connectivity index (χ1) is 3.83. The predicted octanol–water partition coefficient (Wildman–Crippen LogP) is 0.561. The van der Waals surface area contributed by atoms with Crippen LogP contribution in [0, 0.1) is 11.3 Å². The Bertz CT molecular complexity index is 118. The molecule has 1 unspecified atom stereocenters. The molecule has 1 saturated heterocycles. The zero-order chi connectivity index (χ0) is 5.98. The topological polar surface area (TPSA) is 35.8 Å². The molecule has 1 heterocycles. The van der Waals surface area contributed by atoms with Crippen LogP contribution in [-0.4, -0.2) is 17.2 Å². The fourth-order valence-electron chi connectivity index (χ4n) is 0.695. The minimum atomic E-state index is 0.0926. The molecule has 0 aromatic rings. The molecule has 44 valence electrons. The first-order valence-corrected chi connectivity index (χ1v) is 3.65. The van der Waals surface area contributed by atoms with Crippen LogP contribution in [0.15, 0.2) is 0 Å². The second-order valence-electron chi connectivity index (χ2n) is 1.82. The van der Waals surface area contributed by atoms with Crippen LogP contribution in [0.5, 0.6) is 0 Å². The smallest absolute Gasteiger partial charge is 0.105 e. The van der Waals surface area contributed by atoms with E-state index in [0.717, 1.165) is 5.75 Å². The highest BCUT2D eigenvalue weighted by Crippen LogP contribution is 2.16. The van der Waals surface area contributed by atoms with Crippen molar-refractivity contribution in [2.45, 2.75) is 18.3 Å². The summed E-state index contributed by atoms with van der Waals surface area (Å²) in [7, 11) is 0. The number of nitriles is 1. The molecule has 0 aliphatic carbocycles. The molecule has 1 fully saturated rings. The van der Waals surface area contributed by atoms with E-state index in [0.29, 0.717) is 5.37 Å². The van der Waals surface area contributed by atoms with Gasteiger partial charge in [0.25, 0.3) is 0 Å². The van der Waals surface area contributed by atoms with Crippen LogP contribution in [0.2, 0.25) is 0 Å². The number of nitrogens with one attached hydrogen (secondary N) is 1. The third-order valence-corrected chi connectivity index (χ3v) is 2.27. The van der Waals surface area contributed by atoms with E-state index in [1.165, 1.54) is 0 Å². The van der Waals surface area contributed by atoms with Gasteiger partial charge in [0.2, 0.25) is 0 Å². The molecule has 1 N–H and O–H groups in total. The lowest BCUT2D eigenvalue weighted by molar-refractivity contribution is 0.679. The van der Waals surface area contributed by atoms with Crippen LogP contribution >= 0.6 is 11.8 Å². The summed E-state index contributed by atoms with van der Waals surface area (Å²) in [6, 6.07) is 2.25. The number of nitrogens with zero attached hydrogens (tertiary/aromatic N) is 1. The Morgan fingerprint density at radius 3 is 2.88 bits per heavy atom. The van der Waals surface area contributed by atoms with Gasteiger partial charge in [-0.3, -0.25) is 5.32 Å². The molecule has 0 spiro atoms. The Morgan fingerprint density at radius 1 is 1.88 bits per heavy atom. The Hall–Kier alpha value is -0.200. The first kappa shape index (κ1) is 5.93. The summed E-state index contributed by atoms with van der Waals surface area (Å²) in [4.78, 5) is 0.